The van der Waals surface area contributed by atoms with Crippen LogP contribution in [-0.2, 0) is 29.1 Å². The van der Waals surface area contributed by atoms with E-state index in [0.717, 1.165) is 0 Å². The average Bonchev–Trinajstić information content (AvgIpc) is 2.08. The predicted octanol–water partition coefficient (Wildman–Crippen LogP) is -1.26. The number of hydrogen-bond donors (Lipinski definition) is 0. The molecule has 0 amide bonds. The third-order valence-electron chi connectivity index (χ3n) is 1.22. The van der Waals surface area contributed by atoms with E-state index >= 15 is 0 Å². The summed E-state index contributed by atoms with van der Waals surface area (Å²) >= 11 is 0. The van der Waals surface area contributed by atoms with Crippen molar-refractivity contribution in [3.63, 3.8) is 0 Å². The van der Waals surface area contributed by atoms with Crippen LogP contribution in [0.15, 0.2) is 0 Å². The summed E-state index contributed by atoms with van der Waals surface area (Å²) in [5, 5.41) is 0. The summed E-state index contributed by atoms with van der Waals surface area (Å²) < 4.78 is 44.4. The third kappa shape index (κ3) is 11.2. The maximum Gasteiger partial charge on any atom is 0.320 e. The molecule has 0 aliphatic rings. The summed E-state index contributed by atoms with van der Waals surface area (Å²) in [5.74, 6) is -2.22. The smallest absolute Gasteiger partial charge is 0.320 e. The number of esters is 1. The van der Waals surface area contributed by atoms with Crippen LogP contribution >= 0.6 is 0 Å². The van der Waals surface area contributed by atoms with Crippen LogP contribution in [0.3, 0.4) is 0 Å². The van der Waals surface area contributed by atoms with E-state index in [1.165, 1.54) is 7.11 Å². The molecule has 0 aromatic rings. The normalized spacial score (nSPS) is 11.3. The molecule has 0 aliphatic carbocycles. The van der Waals surface area contributed by atoms with Crippen LogP contribution in [0.1, 0.15) is 0 Å². The van der Waals surface area contributed by atoms with E-state index in [2.05, 4.69) is 9.47 Å². The van der Waals surface area contributed by atoms with Crippen LogP contribution < -0.4 is 0 Å². The van der Waals surface area contributed by atoms with Gasteiger partial charge in [-0.25, -0.2) is 8.42 Å². The van der Waals surface area contributed by atoms with E-state index in [0.29, 0.717) is 13.2 Å². The lowest BCUT2D eigenvalue weighted by Gasteiger charge is -2.07. The van der Waals surface area contributed by atoms with Crippen molar-refractivity contribution < 1.29 is 32.0 Å². The van der Waals surface area contributed by atoms with Gasteiger partial charge in [0.05, 0.1) is 19.8 Å². The largest absolute Gasteiger partial charge is 0.748 e. The summed E-state index contributed by atoms with van der Waals surface area (Å²) in [4.78, 5) is 10.7. The lowest BCUT2D eigenvalue weighted by Crippen LogP contribution is -2.20. The first-order chi connectivity index (χ1) is 6.95. The zero-order chi connectivity index (χ0) is 11.7. The highest BCUT2D eigenvalue weighted by atomic mass is 32.2. The molecule has 0 aromatic carbocycles. The molecular weight excluding hydrogens is 228 g/mol. The van der Waals surface area contributed by atoms with Crippen molar-refractivity contribution in [1.29, 1.82) is 0 Å². The van der Waals surface area contributed by atoms with Crippen LogP contribution in [0.25, 0.3) is 0 Å². The number of hydrogen-bond acceptors (Lipinski definition) is 7. The highest BCUT2D eigenvalue weighted by Crippen LogP contribution is 1.87. The number of rotatable bonds is 8. The summed E-state index contributed by atoms with van der Waals surface area (Å²) in [5.41, 5.74) is 0. The van der Waals surface area contributed by atoms with Crippen molar-refractivity contribution in [2.24, 2.45) is 0 Å². The molecule has 0 atom stereocenters. The van der Waals surface area contributed by atoms with Gasteiger partial charge in [-0.05, 0) is 0 Å². The minimum absolute atomic E-state index is 0.0853. The second kappa shape index (κ2) is 7.57. The third-order valence-corrected chi connectivity index (χ3v) is 1.81. The fourth-order valence-electron chi connectivity index (χ4n) is 0.645. The van der Waals surface area contributed by atoms with E-state index in [1.54, 1.807) is 0 Å². The summed E-state index contributed by atoms with van der Waals surface area (Å²) in [6.07, 6.45) is 0. The predicted molar refractivity (Wildman–Crippen MR) is 48.2 cm³/mol. The fraction of sp³-hybridized carbons (Fsp3) is 0.857. The van der Waals surface area contributed by atoms with Crippen LogP contribution in [0.2, 0.25) is 0 Å². The number of carbonyl (C=O) groups is 1. The molecule has 0 aliphatic heterocycles. The lowest BCUT2D eigenvalue weighted by molar-refractivity contribution is -0.142. The zero-order valence-electron chi connectivity index (χ0n) is 8.30. The van der Waals surface area contributed by atoms with Gasteiger partial charge in [0, 0.05) is 7.11 Å². The Morgan fingerprint density at radius 1 is 1.20 bits per heavy atom. The maximum atomic E-state index is 10.7. The van der Waals surface area contributed by atoms with Gasteiger partial charge in [-0.1, -0.05) is 0 Å². The molecule has 0 aromatic heterocycles. The molecule has 0 saturated heterocycles. The van der Waals surface area contributed by atoms with Crippen LogP contribution in [-0.4, -0.2) is 58.2 Å². The molecule has 0 fully saturated rings. The Labute approximate surface area is 88.1 Å². The van der Waals surface area contributed by atoms with Gasteiger partial charge < -0.3 is 18.8 Å². The molecule has 0 heterocycles. The van der Waals surface area contributed by atoms with Crippen LogP contribution in [0.4, 0.5) is 0 Å². The Balaban J connectivity index is 3.40. The van der Waals surface area contributed by atoms with E-state index in [9.17, 15) is 17.8 Å². The van der Waals surface area contributed by atoms with Gasteiger partial charge in [0.15, 0.2) is 0 Å². The number of ether oxygens (including phenoxy) is 3. The Kier molecular flexibility index (Phi) is 7.22. The van der Waals surface area contributed by atoms with Gasteiger partial charge in [0.25, 0.3) is 0 Å². The Hall–Kier alpha value is -0.700. The standard InChI is InChI=1S/C7H14O7S/c1-12-2-3-13-4-5-14-7(8)6-15(9,10)11/h2-6H2,1H3,(H,9,10,11)/p-1. The first kappa shape index (κ1) is 14.3. The molecule has 90 valence electrons. The molecule has 0 bridgehead atoms. The van der Waals surface area contributed by atoms with Crippen molar-refractivity contribution in [3.05, 3.63) is 0 Å². The van der Waals surface area contributed by atoms with Crippen molar-refractivity contribution in [2.45, 2.75) is 0 Å². The van der Waals surface area contributed by atoms with Gasteiger partial charge in [-0.3, -0.25) is 4.79 Å². The van der Waals surface area contributed by atoms with Gasteiger partial charge in [0.1, 0.15) is 22.5 Å². The summed E-state index contributed by atoms with van der Waals surface area (Å²) in [6, 6.07) is 0. The van der Waals surface area contributed by atoms with E-state index < -0.39 is 21.8 Å². The fourth-order valence-corrected chi connectivity index (χ4v) is 1.02. The molecule has 0 spiro atoms. The van der Waals surface area contributed by atoms with Crippen LogP contribution in [0, 0.1) is 0 Å². The topological polar surface area (TPSA) is 102 Å². The van der Waals surface area contributed by atoms with Gasteiger partial charge in [-0.2, -0.15) is 0 Å². The molecule has 0 N–H and O–H groups in total. The highest BCUT2D eigenvalue weighted by Gasteiger charge is 2.07. The summed E-state index contributed by atoms with van der Waals surface area (Å²) in [6.45, 7) is 0.822. The van der Waals surface area contributed by atoms with E-state index in [-0.39, 0.29) is 13.2 Å². The van der Waals surface area contributed by atoms with Crippen molar-refractivity contribution in [2.75, 3.05) is 39.3 Å². The monoisotopic (exact) mass is 241 g/mol. The Morgan fingerprint density at radius 2 is 1.80 bits per heavy atom. The summed E-state index contributed by atoms with van der Waals surface area (Å²) in [7, 11) is -3.04. The molecule has 15 heavy (non-hydrogen) atoms. The minimum atomic E-state index is -4.56. The average molecular weight is 241 g/mol. The zero-order valence-corrected chi connectivity index (χ0v) is 9.12. The van der Waals surface area contributed by atoms with Crippen molar-refractivity contribution in [3.8, 4) is 0 Å². The highest BCUT2D eigenvalue weighted by molar-refractivity contribution is 7.86. The molecule has 0 rings (SSSR count). The second-order valence-corrected chi connectivity index (χ2v) is 3.93. The molecule has 0 saturated carbocycles. The molecule has 0 unspecified atom stereocenters. The van der Waals surface area contributed by atoms with E-state index in [1.807, 2.05) is 0 Å². The SMILES string of the molecule is COCCOCCOC(=O)CS(=O)(=O)[O-]. The van der Waals surface area contributed by atoms with Gasteiger partial charge in [-0.15, -0.1) is 0 Å². The number of carbonyl (C=O) groups excluding carboxylic acids is 1. The number of methoxy groups -OCH3 is 1. The second-order valence-electron chi connectivity index (χ2n) is 2.53. The lowest BCUT2D eigenvalue weighted by atomic mass is 10.7. The molecule has 0 radical (unpaired) electrons. The van der Waals surface area contributed by atoms with Gasteiger partial charge in [0.2, 0.25) is 0 Å². The first-order valence-electron chi connectivity index (χ1n) is 4.11. The Bertz CT molecular complexity index is 271. The molecule has 8 heteroatoms. The Morgan fingerprint density at radius 3 is 2.33 bits per heavy atom. The maximum absolute atomic E-state index is 10.7. The van der Waals surface area contributed by atoms with E-state index in [4.69, 9.17) is 4.74 Å². The van der Waals surface area contributed by atoms with Crippen molar-refractivity contribution in [1.82, 2.24) is 0 Å². The molecular formula is C7H13O7S-. The van der Waals surface area contributed by atoms with Crippen molar-refractivity contribution >= 4 is 16.1 Å². The molecule has 7 nitrogen and oxygen atoms in total. The van der Waals surface area contributed by atoms with Crippen LogP contribution in [0.5, 0.6) is 0 Å². The van der Waals surface area contributed by atoms with Gasteiger partial charge >= 0.3 is 5.97 Å². The minimum Gasteiger partial charge on any atom is -0.748 e. The first-order valence-corrected chi connectivity index (χ1v) is 5.69. The quantitative estimate of drug-likeness (QED) is 0.297.